The first-order valence-corrected chi connectivity index (χ1v) is 11.1. The molecule has 0 spiro atoms. The number of amides is 2. The van der Waals surface area contributed by atoms with Gasteiger partial charge in [-0.1, -0.05) is 30.7 Å². The summed E-state index contributed by atoms with van der Waals surface area (Å²) in [6.45, 7) is 3.91. The first-order chi connectivity index (χ1) is 15.5. The van der Waals surface area contributed by atoms with Crippen molar-refractivity contribution in [3.05, 3.63) is 63.7 Å². The van der Waals surface area contributed by atoms with Crippen molar-refractivity contribution in [1.82, 2.24) is 14.9 Å². The molecule has 2 aromatic carbocycles. The lowest BCUT2D eigenvalue weighted by Crippen LogP contribution is -2.47. The number of carbonyl (C=O) groups is 1. The first kappa shape index (κ1) is 22.1. The predicted octanol–water partition coefficient (Wildman–Crippen LogP) is 4.39. The van der Waals surface area contributed by atoms with E-state index in [1.54, 1.807) is 4.57 Å². The van der Waals surface area contributed by atoms with Crippen molar-refractivity contribution >= 4 is 40.2 Å². The minimum Gasteiger partial charge on any atom is -0.352 e. The third kappa shape index (κ3) is 4.70. The number of nitrogens with zero attached hydrogens (tertiary/aromatic N) is 3. The topological polar surface area (TPSA) is 79.3 Å². The van der Waals surface area contributed by atoms with Gasteiger partial charge in [0.25, 0.3) is 5.56 Å². The minimum absolute atomic E-state index is 0.0412. The Kier molecular flexibility index (Phi) is 6.60. The van der Waals surface area contributed by atoms with Crippen molar-refractivity contribution in [2.75, 3.05) is 23.3 Å². The number of hydrogen-bond acceptors (Lipinski definition) is 4. The molecule has 9 heteroatoms. The Balaban J connectivity index is 1.42. The minimum atomic E-state index is -0.537. The molecule has 4 rings (SSSR count). The highest BCUT2D eigenvalue weighted by Crippen LogP contribution is 2.21. The molecule has 2 heterocycles. The van der Waals surface area contributed by atoms with E-state index >= 15 is 0 Å². The van der Waals surface area contributed by atoms with E-state index in [0.29, 0.717) is 44.0 Å². The average molecular weight is 458 g/mol. The smallest absolute Gasteiger partial charge is 0.319 e. The normalized spacial score (nSPS) is 14.5. The van der Waals surface area contributed by atoms with Crippen molar-refractivity contribution in [2.24, 2.45) is 0 Å². The third-order valence-corrected chi connectivity index (χ3v) is 5.88. The van der Waals surface area contributed by atoms with E-state index in [1.807, 2.05) is 36.1 Å². The van der Waals surface area contributed by atoms with Gasteiger partial charge in [0.1, 0.15) is 5.82 Å². The maximum Gasteiger partial charge on any atom is 0.319 e. The number of aromatic nitrogens is 2. The lowest BCUT2D eigenvalue weighted by atomic mass is 10.1. The second kappa shape index (κ2) is 9.56. The molecular formula is C23H25ClFN5O2. The van der Waals surface area contributed by atoms with E-state index in [0.717, 1.165) is 17.5 Å². The average Bonchev–Trinajstić information content (AvgIpc) is 2.79. The molecule has 1 aliphatic heterocycles. The van der Waals surface area contributed by atoms with Crippen LogP contribution in [0.5, 0.6) is 0 Å². The molecule has 1 saturated heterocycles. The standard InChI is InChI=1S/C23H25ClFN5O2/c1-2-11-30-20-6-4-3-5-19(20)28-21(22(30)31)29-12-9-15(10-13-29)26-23(32)27-16-7-8-18(25)17(24)14-16/h3-8,14-15H,2,9-13H2,1H3,(H2,26,27,32). The van der Waals surface area contributed by atoms with Crippen LogP contribution in [0.4, 0.5) is 20.7 Å². The Hall–Kier alpha value is -3.13. The van der Waals surface area contributed by atoms with Crippen LogP contribution in [-0.2, 0) is 6.54 Å². The Morgan fingerprint density at radius 1 is 1.22 bits per heavy atom. The van der Waals surface area contributed by atoms with Gasteiger partial charge in [-0.05, 0) is 49.6 Å². The monoisotopic (exact) mass is 457 g/mol. The lowest BCUT2D eigenvalue weighted by Gasteiger charge is -2.33. The van der Waals surface area contributed by atoms with Gasteiger partial charge in [-0.15, -0.1) is 0 Å². The number of rotatable bonds is 5. The Bertz CT molecular complexity index is 1190. The Morgan fingerprint density at radius 3 is 2.69 bits per heavy atom. The summed E-state index contributed by atoms with van der Waals surface area (Å²) < 4.78 is 15.1. The van der Waals surface area contributed by atoms with Crippen LogP contribution < -0.4 is 21.1 Å². The van der Waals surface area contributed by atoms with Crippen molar-refractivity contribution in [3.63, 3.8) is 0 Å². The van der Waals surface area contributed by atoms with Crippen LogP contribution in [0.2, 0.25) is 5.02 Å². The molecule has 2 amide bonds. The highest BCUT2D eigenvalue weighted by atomic mass is 35.5. The number of nitrogens with one attached hydrogen (secondary N) is 2. The Labute approximate surface area is 190 Å². The van der Waals surface area contributed by atoms with Gasteiger partial charge in [0.05, 0.1) is 16.1 Å². The summed E-state index contributed by atoms with van der Waals surface area (Å²) >= 11 is 5.76. The zero-order chi connectivity index (χ0) is 22.7. The molecule has 1 aliphatic rings. The molecule has 0 radical (unpaired) electrons. The molecule has 7 nitrogen and oxygen atoms in total. The molecule has 0 saturated carbocycles. The lowest BCUT2D eigenvalue weighted by molar-refractivity contribution is 0.246. The fourth-order valence-corrected chi connectivity index (χ4v) is 4.17. The molecule has 3 aromatic rings. The zero-order valence-electron chi connectivity index (χ0n) is 17.8. The fourth-order valence-electron chi connectivity index (χ4n) is 3.99. The highest BCUT2D eigenvalue weighted by molar-refractivity contribution is 6.31. The van der Waals surface area contributed by atoms with Crippen LogP contribution in [0.15, 0.2) is 47.3 Å². The molecule has 2 N–H and O–H groups in total. The fraction of sp³-hybridized carbons (Fsp3) is 0.348. The summed E-state index contributed by atoms with van der Waals surface area (Å²) in [4.78, 5) is 32.1. The molecular weight excluding hydrogens is 433 g/mol. The second-order valence-electron chi connectivity index (χ2n) is 7.87. The predicted molar refractivity (Wildman–Crippen MR) is 125 cm³/mol. The number of urea groups is 1. The molecule has 168 valence electrons. The van der Waals surface area contributed by atoms with E-state index < -0.39 is 5.82 Å². The first-order valence-electron chi connectivity index (χ1n) is 10.7. The van der Waals surface area contributed by atoms with Gasteiger partial charge in [0.15, 0.2) is 5.82 Å². The molecule has 1 fully saturated rings. The number of hydrogen-bond donors (Lipinski definition) is 2. The van der Waals surface area contributed by atoms with Crippen molar-refractivity contribution < 1.29 is 9.18 Å². The van der Waals surface area contributed by atoms with Crippen LogP contribution in [0.25, 0.3) is 11.0 Å². The molecule has 32 heavy (non-hydrogen) atoms. The summed E-state index contributed by atoms with van der Waals surface area (Å²) in [6.07, 6.45) is 2.21. The van der Waals surface area contributed by atoms with Gasteiger partial charge >= 0.3 is 6.03 Å². The van der Waals surface area contributed by atoms with E-state index in [9.17, 15) is 14.0 Å². The van der Waals surface area contributed by atoms with Crippen molar-refractivity contribution in [1.29, 1.82) is 0 Å². The number of carbonyl (C=O) groups excluding carboxylic acids is 1. The number of piperidine rings is 1. The molecule has 1 aromatic heterocycles. The van der Waals surface area contributed by atoms with Crippen LogP contribution in [0.1, 0.15) is 26.2 Å². The van der Waals surface area contributed by atoms with Gasteiger partial charge in [-0.3, -0.25) is 4.79 Å². The summed E-state index contributed by atoms with van der Waals surface area (Å²) in [7, 11) is 0. The Morgan fingerprint density at radius 2 is 1.97 bits per heavy atom. The summed E-state index contributed by atoms with van der Waals surface area (Å²) in [5.74, 6) is -0.0775. The van der Waals surface area contributed by atoms with E-state index in [-0.39, 0.29) is 22.7 Å². The van der Waals surface area contributed by atoms with Gasteiger partial charge < -0.3 is 20.1 Å². The largest absolute Gasteiger partial charge is 0.352 e. The van der Waals surface area contributed by atoms with E-state index in [1.165, 1.54) is 18.2 Å². The molecule has 0 unspecified atom stereocenters. The number of fused-ring (bicyclic) bond motifs is 1. The van der Waals surface area contributed by atoms with Gasteiger partial charge in [-0.2, -0.15) is 0 Å². The summed E-state index contributed by atoms with van der Waals surface area (Å²) in [5, 5.41) is 5.55. The van der Waals surface area contributed by atoms with E-state index in [2.05, 4.69) is 15.6 Å². The summed E-state index contributed by atoms with van der Waals surface area (Å²) in [6, 6.07) is 11.3. The maximum absolute atomic E-state index is 13.3. The SMILES string of the molecule is CCCn1c(=O)c(N2CCC(NC(=O)Nc3ccc(F)c(Cl)c3)CC2)nc2ccccc21. The van der Waals surface area contributed by atoms with Crippen LogP contribution in [-0.4, -0.2) is 34.7 Å². The number of anilines is 2. The quantitative estimate of drug-likeness (QED) is 0.595. The van der Waals surface area contributed by atoms with Crippen LogP contribution >= 0.6 is 11.6 Å². The highest BCUT2D eigenvalue weighted by Gasteiger charge is 2.24. The molecule has 0 aliphatic carbocycles. The van der Waals surface area contributed by atoms with Crippen molar-refractivity contribution in [2.45, 2.75) is 38.8 Å². The maximum atomic E-state index is 13.3. The van der Waals surface area contributed by atoms with Gasteiger partial charge in [0.2, 0.25) is 0 Å². The van der Waals surface area contributed by atoms with E-state index in [4.69, 9.17) is 11.6 Å². The van der Waals surface area contributed by atoms with Crippen LogP contribution in [0, 0.1) is 5.82 Å². The van der Waals surface area contributed by atoms with Crippen LogP contribution in [0.3, 0.4) is 0 Å². The molecule has 0 atom stereocenters. The molecule has 0 bridgehead atoms. The zero-order valence-corrected chi connectivity index (χ0v) is 18.5. The number of aryl methyl sites for hydroxylation is 1. The number of halogens is 2. The second-order valence-corrected chi connectivity index (χ2v) is 8.28. The van der Waals surface area contributed by atoms with Crippen molar-refractivity contribution in [3.8, 4) is 0 Å². The van der Waals surface area contributed by atoms with Gasteiger partial charge in [-0.25, -0.2) is 14.2 Å². The number of para-hydroxylation sites is 2. The third-order valence-electron chi connectivity index (χ3n) is 5.59. The summed E-state index contributed by atoms with van der Waals surface area (Å²) in [5.41, 5.74) is 1.98. The van der Waals surface area contributed by atoms with Gasteiger partial charge in [0, 0.05) is 31.4 Å². The number of benzene rings is 2.